The summed E-state index contributed by atoms with van der Waals surface area (Å²) in [5.74, 6) is 0.290. The molecule has 0 spiro atoms. The van der Waals surface area contributed by atoms with Crippen LogP contribution in [0.2, 0.25) is 5.02 Å². The predicted octanol–water partition coefficient (Wildman–Crippen LogP) is 7.47. The quantitative estimate of drug-likeness (QED) is 0.0989. The van der Waals surface area contributed by atoms with Gasteiger partial charge in [0.2, 0.25) is 11.6 Å². The lowest BCUT2D eigenvalue weighted by atomic mass is 10.1. The SMILES string of the molecule is N#Cc1ccccc1COc1c(Cl)cc(C=Nn2c(-c3cc4cc(Br)ccc4o3)nc3ccccc3c2=O)cc1[N+](=O)[O-]. The Bertz CT molecular complexity index is 2200. The van der Waals surface area contributed by atoms with Crippen molar-refractivity contribution in [1.82, 2.24) is 9.66 Å². The van der Waals surface area contributed by atoms with Crippen LogP contribution in [0.1, 0.15) is 16.7 Å². The minimum absolute atomic E-state index is 0.0443. The number of furan rings is 1. The Labute approximate surface area is 256 Å². The van der Waals surface area contributed by atoms with Gasteiger partial charge in [-0.25, -0.2) is 4.98 Å². The van der Waals surface area contributed by atoms with E-state index in [9.17, 15) is 20.2 Å². The van der Waals surface area contributed by atoms with Gasteiger partial charge in [0.25, 0.3) is 5.56 Å². The molecule has 10 nitrogen and oxygen atoms in total. The van der Waals surface area contributed by atoms with Crippen LogP contribution < -0.4 is 10.3 Å². The van der Waals surface area contributed by atoms with Crippen LogP contribution in [0.15, 0.2) is 104 Å². The monoisotopic (exact) mass is 653 g/mol. The first kappa shape index (κ1) is 27.8. The zero-order valence-corrected chi connectivity index (χ0v) is 24.2. The van der Waals surface area contributed by atoms with Crippen molar-refractivity contribution < 1.29 is 14.1 Å². The third kappa shape index (κ3) is 5.49. The van der Waals surface area contributed by atoms with Crippen molar-refractivity contribution >= 4 is 61.3 Å². The van der Waals surface area contributed by atoms with Crippen LogP contribution in [-0.2, 0) is 6.61 Å². The molecule has 0 fully saturated rings. The molecule has 0 bridgehead atoms. The molecule has 0 aliphatic carbocycles. The summed E-state index contributed by atoms with van der Waals surface area (Å²) in [7, 11) is 0. The van der Waals surface area contributed by atoms with E-state index >= 15 is 0 Å². The van der Waals surface area contributed by atoms with Crippen LogP contribution in [-0.4, -0.2) is 20.8 Å². The lowest BCUT2D eigenvalue weighted by molar-refractivity contribution is -0.385. The number of ether oxygens (including phenoxy) is 1. The van der Waals surface area contributed by atoms with E-state index < -0.39 is 16.2 Å². The average Bonchev–Trinajstić information content (AvgIpc) is 3.43. The van der Waals surface area contributed by atoms with Gasteiger partial charge in [-0.1, -0.05) is 57.9 Å². The number of nitro benzene ring substituents is 1. The molecule has 0 amide bonds. The Kier molecular flexibility index (Phi) is 7.46. The van der Waals surface area contributed by atoms with Crippen molar-refractivity contribution in [2.24, 2.45) is 5.10 Å². The fourth-order valence-electron chi connectivity index (χ4n) is 4.50. The number of nitro groups is 1. The minimum Gasteiger partial charge on any atom is -0.481 e. The van der Waals surface area contributed by atoms with Crippen molar-refractivity contribution in [3.05, 3.63) is 132 Å². The van der Waals surface area contributed by atoms with Crippen LogP contribution >= 0.6 is 27.5 Å². The van der Waals surface area contributed by atoms with Gasteiger partial charge in [0.15, 0.2) is 5.76 Å². The van der Waals surface area contributed by atoms with E-state index in [4.69, 9.17) is 20.8 Å². The number of halogens is 2. The van der Waals surface area contributed by atoms with Gasteiger partial charge in [-0.05, 0) is 48.5 Å². The van der Waals surface area contributed by atoms with Gasteiger partial charge in [0.05, 0.1) is 38.7 Å². The summed E-state index contributed by atoms with van der Waals surface area (Å²) in [5.41, 5.74) is 1.34. The van der Waals surface area contributed by atoms with E-state index in [0.29, 0.717) is 33.4 Å². The zero-order valence-electron chi connectivity index (χ0n) is 21.9. The molecule has 0 aliphatic rings. The largest absolute Gasteiger partial charge is 0.481 e. The molecule has 6 aromatic rings. The molecule has 0 unspecified atom stereocenters. The molecule has 0 saturated heterocycles. The number of nitriles is 1. The highest BCUT2D eigenvalue weighted by Gasteiger charge is 2.22. The number of para-hydroxylation sites is 1. The fraction of sp³-hybridized carbons (Fsp3) is 0.0323. The van der Waals surface area contributed by atoms with E-state index in [1.54, 1.807) is 60.7 Å². The molecule has 2 heterocycles. The van der Waals surface area contributed by atoms with Crippen molar-refractivity contribution in [3.63, 3.8) is 0 Å². The van der Waals surface area contributed by atoms with Crippen LogP contribution in [0.25, 0.3) is 33.5 Å². The number of benzene rings is 4. The summed E-state index contributed by atoms with van der Waals surface area (Å²) in [4.78, 5) is 29.6. The summed E-state index contributed by atoms with van der Waals surface area (Å²) in [5, 5.41) is 26.7. The fourth-order valence-corrected chi connectivity index (χ4v) is 5.15. The Morgan fingerprint density at radius 2 is 1.91 bits per heavy atom. The second-order valence-electron chi connectivity index (χ2n) is 9.27. The maximum Gasteiger partial charge on any atom is 0.313 e. The van der Waals surface area contributed by atoms with Crippen molar-refractivity contribution in [3.8, 4) is 23.4 Å². The van der Waals surface area contributed by atoms with Gasteiger partial charge in [-0.2, -0.15) is 15.0 Å². The van der Waals surface area contributed by atoms with E-state index in [1.165, 1.54) is 18.3 Å². The summed E-state index contributed by atoms with van der Waals surface area (Å²) in [6, 6.07) is 25.6. The minimum atomic E-state index is -0.629. The summed E-state index contributed by atoms with van der Waals surface area (Å²) in [6.45, 7) is -0.104. The topological polar surface area (TPSA) is 137 Å². The Balaban J connectivity index is 1.42. The van der Waals surface area contributed by atoms with Crippen LogP contribution in [0.5, 0.6) is 5.75 Å². The van der Waals surface area contributed by atoms with Crippen molar-refractivity contribution in [1.29, 1.82) is 5.26 Å². The van der Waals surface area contributed by atoms with E-state index in [0.717, 1.165) is 14.5 Å². The van der Waals surface area contributed by atoms with E-state index in [2.05, 4.69) is 32.1 Å². The van der Waals surface area contributed by atoms with Crippen LogP contribution in [0, 0.1) is 21.4 Å². The molecule has 0 saturated carbocycles. The van der Waals surface area contributed by atoms with Gasteiger partial charge in [0.1, 0.15) is 12.2 Å². The first-order chi connectivity index (χ1) is 20.8. The highest BCUT2D eigenvalue weighted by Crippen LogP contribution is 2.37. The Morgan fingerprint density at radius 3 is 2.72 bits per heavy atom. The molecular weight excluding hydrogens is 638 g/mol. The third-order valence-electron chi connectivity index (χ3n) is 6.53. The average molecular weight is 655 g/mol. The summed E-state index contributed by atoms with van der Waals surface area (Å²) >= 11 is 9.88. The van der Waals surface area contributed by atoms with Crippen LogP contribution in [0.3, 0.4) is 0 Å². The standard InChI is InChI=1S/C31H17BrClN5O5/c32-22-9-10-27-21(13-22)14-28(43-27)30-36-25-8-4-3-7-23(25)31(39)37(30)35-16-18-11-24(33)29(26(12-18)38(40)41)42-17-20-6-2-1-5-19(20)15-34/h1-14,16H,17H2. The molecule has 0 aliphatic heterocycles. The molecule has 0 radical (unpaired) electrons. The number of nitrogens with zero attached hydrogens (tertiary/aromatic N) is 5. The second-order valence-corrected chi connectivity index (χ2v) is 10.6. The number of hydrogen-bond donors (Lipinski definition) is 0. The maximum atomic E-state index is 13.6. The molecule has 12 heteroatoms. The molecule has 0 atom stereocenters. The maximum absolute atomic E-state index is 13.6. The second kappa shape index (κ2) is 11.5. The van der Waals surface area contributed by atoms with Crippen molar-refractivity contribution in [2.75, 3.05) is 0 Å². The van der Waals surface area contributed by atoms with Gasteiger partial charge < -0.3 is 9.15 Å². The molecule has 210 valence electrons. The van der Waals surface area contributed by atoms with E-state index in [-0.39, 0.29) is 28.8 Å². The van der Waals surface area contributed by atoms with Crippen molar-refractivity contribution in [2.45, 2.75) is 6.61 Å². The van der Waals surface area contributed by atoms with Gasteiger partial charge in [-0.3, -0.25) is 14.9 Å². The molecule has 43 heavy (non-hydrogen) atoms. The third-order valence-corrected chi connectivity index (χ3v) is 7.30. The Morgan fingerprint density at radius 1 is 1.12 bits per heavy atom. The molecule has 4 aromatic carbocycles. The molecular formula is C31H17BrClN5O5. The number of aromatic nitrogens is 2. The van der Waals surface area contributed by atoms with Gasteiger partial charge >= 0.3 is 5.69 Å². The highest BCUT2D eigenvalue weighted by molar-refractivity contribution is 9.10. The lowest BCUT2D eigenvalue weighted by Crippen LogP contribution is -2.20. The van der Waals surface area contributed by atoms with Gasteiger partial charge in [0, 0.05) is 27.1 Å². The summed E-state index contributed by atoms with van der Waals surface area (Å²) < 4.78 is 13.7. The molecule has 6 rings (SSSR count). The Hall–Kier alpha value is -5.31. The zero-order chi connectivity index (χ0) is 30.1. The highest BCUT2D eigenvalue weighted by atomic mass is 79.9. The number of hydrogen-bond acceptors (Lipinski definition) is 8. The first-order valence-electron chi connectivity index (χ1n) is 12.7. The molecule has 0 N–H and O–H groups in total. The van der Waals surface area contributed by atoms with Crippen LogP contribution in [0.4, 0.5) is 5.69 Å². The van der Waals surface area contributed by atoms with E-state index in [1.807, 2.05) is 12.1 Å². The molecule has 2 aromatic heterocycles. The number of fused-ring (bicyclic) bond motifs is 2. The lowest BCUT2D eigenvalue weighted by Gasteiger charge is -2.11. The summed E-state index contributed by atoms with van der Waals surface area (Å²) in [6.07, 6.45) is 1.27. The number of rotatable bonds is 7. The normalized spacial score (nSPS) is 11.3. The predicted molar refractivity (Wildman–Crippen MR) is 165 cm³/mol. The first-order valence-corrected chi connectivity index (χ1v) is 13.8. The smallest absolute Gasteiger partial charge is 0.313 e. The van der Waals surface area contributed by atoms with Gasteiger partial charge in [-0.15, -0.1) is 0 Å².